The number of carbonyl (C=O) groups is 1. The first-order valence-electron chi connectivity index (χ1n) is 5.21. The molecule has 1 aliphatic rings. The van der Waals surface area contributed by atoms with E-state index >= 15 is 0 Å². The van der Waals surface area contributed by atoms with Gasteiger partial charge in [-0.3, -0.25) is 4.79 Å². The van der Waals surface area contributed by atoms with Crippen LogP contribution in [0.25, 0.3) is 0 Å². The van der Waals surface area contributed by atoms with Crippen molar-refractivity contribution < 1.29 is 15.3 Å². The van der Waals surface area contributed by atoms with E-state index in [2.05, 4.69) is 5.73 Å². The average Bonchev–Trinajstić information content (AvgIpc) is 2.09. The van der Waals surface area contributed by atoms with Gasteiger partial charge in [0, 0.05) is 6.42 Å². The molecule has 0 saturated heterocycles. The number of rotatable bonds is 3. The van der Waals surface area contributed by atoms with Crippen molar-refractivity contribution in [3.63, 3.8) is 0 Å². The van der Waals surface area contributed by atoms with Gasteiger partial charge in [0.25, 0.3) is 0 Å². The molecule has 0 heterocycles. The summed E-state index contributed by atoms with van der Waals surface area (Å²) in [6.07, 6.45) is 5.24. The second kappa shape index (κ2) is 5.22. The molecular weight excluding hydrogens is 166 g/mol. The highest BCUT2D eigenvalue weighted by Crippen LogP contribution is 2.25. The van der Waals surface area contributed by atoms with Gasteiger partial charge < -0.3 is 10.5 Å². The van der Waals surface area contributed by atoms with Crippen molar-refractivity contribution in [2.24, 2.45) is 5.92 Å². The highest BCUT2D eigenvalue weighted by molar-refractivity contribution is 5.69. The Bertz CT molecular complexity index is 162. The van der Waals surface area contributed by atoms with E-state index in [9.17, 15) is 4.79 Å². The topological polar surface area (TPSA) is 53.9 Å². The number of hydrogen-bond donors (Lipinski definition) is 1. The number of esters is 1. The quantitative estimate of drug-likeness (QED) is 0.661. The van der Waals surface area contributed by atoms with Gasteiger partial charge in [-0.15, -0.1) is 0 Å². The van der Waals surface area contributed by atoms with Gasteiger partial charge in [-0.2, -0.15) is 0 Å². The summed E-state index contributed by atoms with van der Waals surface area (Å²) in [6, 6.07) is 0.610. The van der Waals surface area contributed by atoms with Crippen molar-refractivity contribution in [2.75, 3.05) is 6.61 Å². The number of quaternary nitrogens is 1. The summed E-state index contributed by atoms with van der Waals surface area (Å²) in [7, 11) is 0. The highest BCUT2D eigenvalue weighted by atomic mass is 16.5. The molecular formula is C10H20NO2+. The van der Waals surface area contributed by atoms with Gasteiger partial charge in [0.1, 0.15) is 0 Å². The summed E-state index contributed by atoms with van der Waals surface area (Å²) >= 11 is 0. The van der Waals surface area contributed by atoms with E-state index in [0.29, 0.717) is 25.0 Å². The van der Waals surface area contributed by atoms with Crippen molar-refractivity contribution in [3.05, 3.63) is 0 Å². The van der Waals surface area contributed by atoms with Crippen LogP contribution >= 0.6 is 0 Å². The zero-order chi connectivity index (χ0) is 9.68. The maximum Gasteiger partial charge on any atom is 0.306 e. The van der Waals surface area contributed by atoms with E-state index in [1.54, 1.807) is 0 Å². The molecule has 0 aromatic carbocycles. The number of ether oxygens (including phenoxy) is 1. The van der Waals surface area contributed by atoms with Gasteiger partial charge in [0.05, 0.1) is 12.6 Å². The third-order valence-electron chi connectivity index (χ3n) is 2.73. The third-order valence-corrected chi connectivity index (χ3v) is 2.73. The molecule has 0 radical (unpaired) electrons. The van der Waals surface area contributed by atoms with Crippen LogP contribution in [-0.2, 0) is 9.53 Å². The van der Waals surface area contributed by atoms with Crippen LogP contribution in [0.15, 0.2) is 0 Å². The Hall–Kier alpha value is -0.570. The third kappa shape index (κ3) is 3.77. The largest absolute Gasteiger partial charge is 0.466 e. The second-order valence-corrected chi connectivity index (χ2v) is 3.90. The monoisotopic (exact) mass is 186 g/mol. The standard InChI is InChI=1S/C10H19NO2/c1-2-13-10(12)7-8-3-5-9(11)6-4-8/h8-9H,2-7,11H2,1H3/p+1. The van der Waals surface area contributed by atoms with E-state index in [1.807, 2.05) is 6.92 Å². The van der Waals surface area contributed by atoms with Crippen LogP contribution < -0.4 is 5.73 Å². The molecule has 3 heteroatoms. The van der Waals surface area contributed by atoms with E-state index in [4.69, 9.17) is 4.74 Å². The molecule has 0 bridgehead atoms. The average molecular weight is 186 g/mol. The molecule has 76 valence electrons. The molecule has 0 spiro atoms. The Kier molecular flexibility index (Phi) is 4.22. The van der Waals surface area contributed by atoms with Crippen LogP contribution in [-0.4, -0.2) is 18.6 Å². The Morgan fingerprint density at radius 1 is 1.38 bits per heavy atom. The smallest absolute Gasteiger partial charge is 0.306 e. The zero-order valence-corrected chi connectivity index (χ0v) is 8.42. The van der Waals surface area contributed by atoms with Crippen LogP contribution in [0.3, 0.4) is 0 Å². The fourth-order valence-corrected chi connectivity index (χ4v) is 1.89. The Morgan fingerprint density at radius 3 is 2.54 bits per heavy atom. The first-order chi connectivity index (χ1) is 6.22. The van der Waals surface area contributed by atoms with Gasteiger partial charge >= 0.3 is 5.97 Å². The Morgan fingerprint density at radius 2 is 2.00 bits per heavy atom. The molecule has 0 unspecified atom stereocenters. The summed E-state index contributed by atoms with van der Waals surface area (Å²) in [5.74, 6) is 0.520. The Balaban J connectivity index is 2.18. The van der Waals surface area contributed by atoms with Crippen molar-refractivity contribution in [1.82, 2.24) is 0 Å². The minimum atomic E-state index is -0.0324. The SMILES string of the molecule is CCOC(=O)CC1CCC([NH3+])CC1. The minimum absolute atomic E-state index is 0.0324. The fraction of sp³-hybridized carbons (Fsp3) is 0.900. The molecule has 3 N–H and O–H groups in total. The van der Waals surface area contributed by atoms with Crippen molar-refractivity contribution >= 4 is 5.97 Å². The molecule has 1 aliphatic carbocycles. The molecule has 1 rings (SSSR count). The van der Waals surface area contributed by atoms with Crippen LogP contribution in [0.2, 0.25) is 0 Å². The summed E-state index contributed by atoms with van der Waals surface area (Å²) < 4.78 is 4.92. The number of hydrogen-bond acceptors (Lipinski definition) is 2. The van der Waals surface area contributed by atoms with Gasteiger partial charge in [0.2, 0.25) is 0 Å². The fourth-order valence-electron chi connectivity index (χ4n) is 1.89. The predicted octanol–water partition coefficient (Wildman–Crippen LogP) is 0.740. The first kappa shape index (κ1) is 10.5. The summed E-state index contributed by atoms with van der Waals surface area (Å²) in [5, 5.41) is 0. The highest BCUT2D eigenvalue weighted by Gasteiger charge is 2.22. The minimum Gasteiger partial charge on any atom is -0.466 e. The molecule has 0 atom stereocenters. The molecule has 0 aromatic heterocycles. The Labute approximate surface area is 79.6 Å². The normalized spacial score (nSPS) is 28.5. The van der Waals surface area contributed by atoms with Crippen LogP contribution in [0, 0.1) is 5.92 Å². The van der Waals surface area contributed by atoms with Crippen molar-refractivity contribution in [2.45, 2.75) is 45.1 Å². The molecule has 0 amide bonds. The lowest BCUT2D eigenvalue weighted by atomic mass is 9.84. The van der Waals surface area contributed by atoms with E-state index in [1.165, 1.54) is 12.8 Å². The molecule has 1 saturated carbocycles. The van der Waals surface area contributed by atoms with E-state index < -0.39 is 0 Å². The molecule has 3 nitrogen and oxygen atoms in total. The predicted molar refractivity (Wildman–Crippen MR) is 49.9 cm³/mol. The van der Waals surface area contributed by atoms with Crippen LogP contribution in [0.4, 0.5) is 0 Å². The lowest BCUT2D eigenvalue weighted by Gasteiger charge is -2.23. The van der Waals surface area contributed by atoms with E-state index in [0.717, 1.165) is 12.8 Å². The summed E-state index contributed by atoms with van der Waals surface area (Å²) in [5.41, 5.74) is 4.03. The summed E-state index contributed by atoms with van der Waals surface area (Å²) in [6.45, 7) is 2.36. The van der Waals surface area contributed by atoms with Gasteiger partial charge in [0.15, 0.2) is 0 Å². The maximum atomic E-state index is 11.2. The van der Waals surface area contributed by atoms with Gasteiger partial charge in [-0.1, -0.05) is 0 Å². The summed E-state index contributed by atoms with van der Waals surface area (Å²) in [4.78, 5) is 11.2. The second-order valence-electron chi connectivity index (χ2n) is 3.90. The molecule has 13 heavy (non-hydrogen) atoms. The lowest BCUT2D eigenvalue weighted by molar-refractivity contribution is -0.426. The maximum absolute atomic E-state index is 11.2. The molecule has 0 aliphatic heterocycles. The van der Waals surface area contributed by atoms with Crippen molar-refractivity contribution in [3.8, 4) is 0 Å². The van der Waals surface area contributed by atoms with Gasteiger partial charge in [-0.05, 0) is 38.5 Å². The number of carbonyl (C=O) groups excluding carboxylic acids is 1. The van der Waals surface area contributed by atoms with Crippen LogP contribution in [0.5, 0.6) is 0 Å². The molecule has 0 aromatic rings. The lowest BCUT2D eigenvalue weighted by Crippen LogP contribution is -2.61. The van der Waals surface area contributed by atoms with Crippen LogP contribution in [0.1, 0.15) is 39.0 Å². The van der Waals surface area contributed by atoms with Crippen molar-refractivity contribution in [1.29, 1.82) is 0 Å². The molecule has 1 fully saturated rings. The van der Waals surface area contributed by atoms with E-state index in [-0.39, 0.29) is 5.97 Å². The zero-order valence-electron chi connectivity index (χ0n) is 8.42. The first-order valence-corrected chi connectivity index (χ1v) is 5.21. The van der Waals surface area contributed by atoms with Gasteiger partial charge in [-0.25, -0.2) is 0 Å².